The number of rotatable bonds is 10. The van der Waals surface area contributed by atoms with Gasteiger partial charge in [-0.3, -0.25) is 9.13 Å². The van der Waals surface area contributed by atoms with Crippen molar-refractivity contribution in [1.82, 2.24) is 29.8 Å². The Hall–Kier alpha value is -4.26. The summed E-state index contributed by atoms with van der Waals surface area (Å²) in [5.41, 5.74) is 7.49. The smallest absolute Gasteiger partial charge is 0.296 e. The monoisotopic (exact) mass is 492 g/mol. The van der Waals surface area contributed by atoms with Gasteiger partial charge in [0.15, 0.2) is 0 Å². The van der Waals surface area contributed by atoms with Crippen LogP contribution in [0.15, 0.2) is 83.7 Å². The number of benzene rings is 3. The minimum Gasteiger partial charge on any atom is -0.296 e. The maximum atomic E-state index is 13.7. The number of nitrogens with zero attached hydrogens (tertiary/aromatic N) is 5. The molecule has 7 nitrogen and oxygen atoms in total. The summed E-state index contributed by atoms with van der Waals surface area (Å²) in [5, 5.41) is 14.8. The Balaban J connectivity index is 1.51. The number of nitrogens with one attached hydrogen (secondary N) is 1. The fourth-order valence-electron chi connectivity index (χ4n) is 4.93. The van der Waals surface area contributed by atoms with Crippen molar-refractivity contribution in [2.45, 2.75) is 52.6 Å². The van der Waals surface area contributed by atoms with E-state index in [1.54, 1.807) is 0 Å². The van der Waals surface area contributed by atoms with Gasteiger partial charge in [-0.1, -0.05) is 86.1 Å². The van der Waals surface area contributed by atoms with Crippen LogP contribution in [0.3, 0.4) is 0 Å². The van der Waals surface area contributed by atoms with E-state index in [0.717, 1.165) is 59.3 Å². The zero-order chi connectivity index (χ0) is 25.6. The molecule has 0 aliphatic carbocycles. The Bertz CT molecular complexity index is 1500. The molecule has 5 aromatic rings. The van der Waals surface area contributed by atoms with Crippen molar-refractivity contribution < 1.29 is 0 Å². The standard InChI is InChI=1S/C30H32N6O/c1-3-4-15-28-22(2)35(19-18-23-11-7-5-8-12-23)30(37)36(28)21-24-16-17-26(25-13-9-6-10-14-25)27(20-24)29-31-33-34-32-29/h5-14,16-17,20H,3-4,15,18-19,21H2,1-2H3,(H,31,32,33,34). The molecule has 3 aromatic carbocycles. The summed E-state index contributed by atoms with van der Waals surface area (Å²) in [6.07, 6.45) is 3.84. The lowest BCUT2D eigenvalue weighted by Gasteiger charge is -2.12. The molecule has 2 aromatic heterocycles. The molecule has 0 spiro atoms. The van der Waals surface area contributed by atoms with E-state index in [1.807, 2.05) is 45.5 Å². The highest BCUT2D eigenvalue weighted by Gasteiger charge is 2.18. The van der Waals surface area contributed by atoms with Gasteiger partial charge in [-0.25, -0.2) is 4.79 Å². The Labute approximate surface area is 216 Å². The van der Waals surface area contributed by atoms with Crippen LogP contribution in [0.25, 0.3) is 22.5 Å². The van der Waals surface area contributed by atoms with Crippen LogP contribution in [0.5, 0.6) is 0 Å². The van der Waals surface area contributed by atoms with Gasteiger partial charge < -0.3 is 0 Å². The second-order valence-electron chi connectivity index (χ2n) is 9.37. The van der Waals surface area contributed by atoms with Gasteiger partial charge in [-0.2, -0.15) is 5.21 Å². The molecule has 188 valence electrons. The fourth-order valence-corrected chi connectivity index (χ4v) is 4.93. The average molecular weight is 493 g/mol. The first kappa shape index (κ1) is 24.4. The molecule has 0 bridgehead atoms. The van der Waals surface area contributed by atoms with E-state index < -0.39 is 0 Å². The zero-order valence-electron chi connectivity index (χ0n) is 21.4. The van der Waals surface area contributed by atoms with Crippen molar-refractivity contribution in [3.63, 3.8) is 0 Å². The van der Waals surface area contributed by atoms with E-state index in [4.69, 9.17) is 0 Å². The van der Waals surface area contributed by atoms with Crippen molar-refractivity contribution in [3.05, 3.63) is 112 Å². The first-order valence-electron chi connectivity index (χ1n) is 12.9. The molecule has 0 fully saturated rings. The number of hydrogen-bond donors (Lipinski definition) is 1. The zero-order valence-corrected chi connectivity index (χ0v) is 21.4. The van der Waals surface area contributed by atoms with E-state index in [1.165, 1.54) is 5.56 Å². The molecule has 0 unspecified atom stereocenters. The quantitative estimate of drug-likeness (QED) is 0.282. The molecule has 0 aliphatic heterocycles. The summed E-state index contributed by atoms with van der Waals surface area (Å²) < 4.78 is 3.89. The predicted octanol–water partition coefficient (Wildman–Crippen LogP) is 5.44. The number of imidazole rings is 1. The Morgan fingerprint density at radius 3 is 2.30 bits per heavy atom. The summed E-state index contributed by atoms with van der Waals surface area (Å²) in [5.74, 6) is 0.538. The van der Waals surface area contributed by atoms with Gasteiger partial charge in [-0.15, -0.1) is 10.2 Å². The van der Waals surface area contributed by atoms with Crippen LogP contribution < -0.4 is 5.69 Å². The molecule has 0 amide bonds. The molecule has 0 saturated heterocycles. The van der Waals surface area contributed by atoms with Crippen LogP contribution in [-0.4, -0.2) is 29.8 Å². The molecule has 7 heteroatoms. The number of unbranched alkanes of at least 4 members (excludes halogenated alkanes) is 1. The van der Waals surface area contributed by atoms with Gasteiger partial charge >= 0.3 is 5.69 Å². The van der Waals surface area contributed by atoms with Crippen molar-refractivity contribution in [2.75, 3.05) is 0 Å². The molecular weight excluding hydrogens is 460 g/mol. The topological polar surface area (TPSA) is 81.4 Å². The third-order valence-corrected chi connectivity index (χ3v) is 6.94. The highest BCUT2D eigenvalue weighted by atomic mass is 16.1. The van der Waals surface area contributed by atoms with Crippen LogP contribution in [0.4, 0.5) is 0 Å². The molecule has 1 N–H and O–H groups in total. The summed E-state index contributed by atoms with van der Waals surface area (Å²) in [6, 6.07) is 26.8. The number of aryl methyl sites for hydroxylation is 1. The highest BCUT2D eigenvalue weighted by Crippen LogP contribution is 2.31. The first-order valence-corrected chi connectivity index (χ1v) is 12.9. The van der Waals surface area contributed by atoms with E-state index in [2.05, 4.69) is 76.9 Å². The third kappa shape index (κ3) is 5.31. The Kier molecular flexibility index (Phi) is 7.40. The van der Waals surface area contributed by atoms with Gasteiger partial charge in [0.2, 0.25) is 5.82 Å². The molecule has 2 heterocycles. The summed E-state index contributed by atoms with van der Waals surface area (Å²) in [6.45, 7) is 5.43. The highest BCUT2D eigenvalue weighted by molar-refractivity contribution is 5.80. The predicted molar refractivity (Wildman–Crippen MR) is 146 cm³/mol. The van der Waals surface area contributed by atoms with Crippen LogP contribution in [0.2, 0.25) is 0 Å². The maximum absolute atomic E-state index is 13.7. The van der Waals surface area contributed by atoms with E-state index in [0.29, 0.717) is 18.9 Å². The lowest BCUT2D eigenvalue weighted by Crippen LogP contribution is -2.26. The van der Waals surface area contributed by atoms with Gasteiger partial charge in [0.1, 0.15) is 0 Å². The van der Waals surface area contributed by atoms with Crippen LogP contribution in [-0.2, 0) is 25.9 Å². The fraction of sp³-hybridized carbons (Fsp3) is 0.267. The van der Waals surface area contributed by atoms with Crippen molar-refractivity contribution in [1.29, 1.82) is 0 Å². The van der Waals surface area contributed by atoms with Crippen LogP contribution in [0.1, 0.15) is 42.3 Å². The van der Waals surface area contributed by atoms with E-state index in [-0.39, 0.29) is 5.69 Å². The number of aromatic amines is 1. The van der Waals surface area contributed by atoms with E-state index in [9.17, 15) is 4.79 Å². The van der Waals surface area contributed by atoms with Gasteiger partial charge in [0.05, 0.1) is 6.54 Å². The van der Waals surface area contributed by atoms with Gasteiger partial charge in [0, 0.05) is 23.5 Å². The number of aromatic nitrogens is 6. The van der Waals surface area contributed by atoms with Crippen molar-refractivity contribution >= 4 is 0 Å². The van der Waals surface area contributed by atoms with Crippen LogP contribution >= 0.6 is 0 Å². The minimum atomic E-state index is 0.0489. The van der Waals surface area contributed by atoms with Crippen LogP contribution in [0, 0.1) is 6.92 Å². The largest absolute Gasteiger partial charge is 0.328 e. The minimum absolute atomic E-state index is 0.0489. The number of hydrogen-bond acceptors (Lipinski definition) is 4. The maximum Gasteiger partial charge on any atom is 0.328 e. The molecule has 37 heavy (non-hydrogen) atoms. The second kappa shape index (κ2) is 11.2. The van der Waals surface area contributed by atoms with Gasteiger partial charge in [-0.05, 0) is 59.7 Å². The lowest BCUT2D eigenvalue weighted by molar-refractivity contribution is 0.620. The number of H-pyrrole nitrogens is 1. The first-order chi connectivity index (χ1) is 18.2. The molecular formula is C30H32N6O. The van der Waals surface area contributed by atoms with E-state index >= 15 is 0 Å². The number of tetrazole rings is 1. The second-order valence-corrected chi connectivity index (χ2v) is 9.37. The normalized spacial score (nSPS) is 11.2. The van der Waals surface area contributed by atoms with Gasteiger partial charge in [0.25, 0.3) is 0 Å². The average Bonchev–Trinajstić information content (AvgIpc) is 3.55. The van der Waals surface area contributed by atoms with Crippen molar-refractivity contribution in [3.8, 4) is 22.5 Å². The molecule has 5 rings (SSSR count). The Morgan fingerprint density at radius 1 is 0.838 bits per heavy atom. The van der Waals surface area contributed by atoms with Crippen molar-refractivity contribution in [2.24, 2.45) is 0 Å². The molecule has 0 radical (unpaired) electrons. The Morgan fingerprint density at radius 2 is 1.59 bits per heavy atom. The molecule has 0 atom stereocenters. The SMILES string of the molecule is CCCCc1c(C)n(CCc2ccccc2)c(=O)n1Cc1ccc(-c2ccccc2)c(-c2nn[nH]n2)c1. The summed E-state index contributed by atoms with van der Waals surface area (Å²) in [4.78, 5) is 13.7. The molecule has 0 saturated carbocycles. The summed E-state index contributed by atoms with van der Waals surface area (Å²) in [7, 11) is 0. The lowest BCUT2D eigenvalue weighted by atomic mass is 9.97. The third-order valence-electron chi connectivity index (χ3n) is 6.94. The molecule has 0 aliphatic rings. The summed E-state index contributed by atoms with van der Waals surface area (Å²) >= 11 is 0.